The maximum Gasteiger partial charge on any atom is 0.253 e. The summed E-state index contributed by atoms with van der Waals surface area (Å²) in [5, 5.41) is 1.00. The minimum atomic E-state index is -3.54. The summed E-state index contributed by atoms with van der Waals surface area (Å²) in [7, 11) is -3.54. The fraction of sp³-hybridized carbons (Fsp3) is 0.462. The standard InChI is InChI=1S/C26H32N4O3S2/c1-18-7-12-23-24(20(18)3)27-26(34-23)29-16-14-28(15-17-29)25(31)21-8-10-22(11-9-21)35(32,33)30-13-5-4-6-19(30)2/h7-12,19H,4-6,13-17H2,1-3H3. The van der Waals surface area contributed by atoms with Gasteiger partial charge in [0, 0.05) is 44.3 Å². The van der Waals surface area contributed by atoms with Crippen molar-refractivity contribution in [1.82, 2.24) is 14.2 Å². The van der Waals surface area contributed by atoms with Gasteiger partial charge in [0.2, 0.25) is 10.0 Å². The van der Waals surface area contributed by atoms with Crippen molar-refractivity contribution in [3.63, 3.8) is 0 Å². The van der Waals surface area contributed by atoms with Crippen LogP contribution in [-0.2, 0) is 10.0 Å². The van der Waals surface area contributed by atoms with Crippen LogP contribution >= 0.6 is 11.3 Å². The van der Waals surface area contributed by atoms with E-state index in [2.05, 4.69) is 30.9 Å². The van der Waals surface area contributed by atoms with Gasteiger partial charge in [0.1, 0.15) is 0 Å². The van der Waals surface area contributed by atoms with E-state index in [1.54, 1.807) is 39.9 Å². The summed E-state index contributed by atoms with van der Waals surface area (Å²) in [5.41, 5.74) is 4.06. The van der Waals surface area contributed by atoms with Crippen LogP contribution in [0.1, 0.15) is 47.7 Å². The molecule has 2 aromatic carbocycles. The number of anilines is 1. The Morgan fingerprint density at radius 1 is 0.971 bits per heavy atom. The summed E-state index contributed by atoms with van der Waals surface area (Å²) in [4.78, 5) is 22.3. The highest BCUT2D eigenvalue weighted by atomic mass is 32.2. The van der Waals surface area contributed by atoms with Gasteiger partial charge in [0.25, 0.3) is 5.91 Å². The van der Waals surface area contributed by atoms with E-state index in [0.29, 0.717) is 25.2 Å². The number of rotatable bonds is 4. The van der Waals surface area contributed by atoms with Gasteiger partial charge in [0.15, 0.2) is 5.13 Å². The lowest BCUT2D eigenvalue weighted by atomic mass is 10.1. The Morgan fingerprint density at radius 2 is 1.69 bits per heavy atom. The van der Waals surface area contributed by atoms with Crippen LogP contribution in [0, 0.1) is 13.8 Å². The number of aromatic nitrogens is 1. The summed E-state index contributed by atoms with van der Waals surface area (Å²) in [6, 6.07) is 10.7. The zero-order chi connectivity index (χ0) is 24.7. The molecule has 1 unspecified atom stereocenters. The number of aryl methyl sites for hydroxylation is 2. The molecule has 2 aliphatic rings. The number of amides is 1. The molecule has 0 N–H and O–H groups in total. The van der Waals surface area contributed by atoms with Crippen molar-refractivity contribution in [2.75, 3.05) is 37.6 Å². The molecule has 9 heteroatoms. The second kappa shape index (κ2) is 9.52. The third kappa shape index (κ3) is 4.57. The minimum absolute atomic E-state index is 0.00900. The van der Waals surface area contributed by atoms with Crippen LogP contribution in [0.3, 0.4) is 0 Å². The molecule has 5 rings (SSSR count). The van der Waals surface area contributed by atoms with Crippen LogP contribution in [-0.4, -0.2) is 67.3 Å². The molecule has 2 aliphatic heterocycles. The topological polar surface area (TPSA) is 73.8 Å². The van der Waals surface area contributed by atoms with Gasteiger partial charge in [-0.15, -0.1) is 0 Å². The Bertz CT molecular complexity index is 1340. The molecule has 2 saturated heterocycles. The fourth-order valence-electron chi connectivity index (χ4n) is 4.97. The molecule has 1 atom stereocenters. The van der Waals surface area contributed by atoms with Gasteiger partial charge in [-0.2, -0.15) is 4.31 Å². The number of piperazine rings is 1. The summed E-state index contributed by atoms with van der Waals surface area (Å²) in [6.45, 7) is 9.41. The van der Waals surface area contributed by atoms with Crippen molar-refractivity contribution in [1.29, 1.82) is 0 Å². The van der Waals surface area contributed by atoms with Gasteiger partial charge in [-0.05, 0) is 75.1 Å². The Hall–Kier alpha value is -2.49. The smallest absolute Gasteiger partial charge is 0.253 e. The van der Waals surface area contributed by atoms with Crippen molar-refractivity contribution in [2.45, 2.75) is 51.0 Å². The number of hydrogen-bond acceptors (Lipinski definition) is 6. The number of nitrogens with zero attached hydrogens (tertiary/aromatic N) is 4. The maximum absolute atomic E-state index is 13.1. The van der Waals surface area contributed by atoms with E-state index < -0.39 is 10.0 Å². The number of carbonyl (C=O) groups excluding carboxylic acids is 1. The van der Waals surface area contributed by atoms with Gasteiger partial charge in [0.05, 0.1) is 15.1 Å². The van der Waals surface area contributed by atoms with Gasteiger partial charge >= 0.3 is 0 Å². The monoisotopic (exact) mass is 512 g/mol. The van der Waals surface area contributed by atoms with E-state index in [9.17, 15) is 13.2 Å². The largest absolute Gasteiger partial charge is 0.345 e. The van der Waals surface area contributed by atoms with E-state index in [-0.39, 0.29) is 16.8 Å². The highest BCUT2D eigenvalue weighted by Gasteiger charge is 2.31. The molecule has 0 radical (unpaired) electrons. The van der Waals surface area contributed by atoms with Gasteiger partial charge < -0.3 is 9.80 Å². The fourth-order valence-corrected chi connectivity index (χ4v) is 7.74. The summed E-state index contributed by atoms with van der Waals surface area (Å²) < 4.78 is 28.9. The van der Waals surface area contributed by atoms with Gasteiger partial charge in [-0.3, -0.25) is 4.79 Å². The van der Waals surface area contributed by atoms with Crippen LogP contribution in [0.25, 0.3) is 10.2 Å². The van der Waals surface area contributed by atoms with E-state index in [1.807, 2.05) is 11.8 Å². The summed E-state index contributed by atoms with van der Waals surface area (Å²) >= 11 is 1.70. The quantitative estimate of drug-likeness (QED) is 0.517. The Labute approximate surface area is 211 Å². The first-order chi connectivity index (χ1) is 16.8. The number of fused-ring (bicyclic) bond motifs is 1. The lowest BCUT2D eigenvalue weighted by Gasteiger charge is -2.34. The van der Waals surface area contributed by atoms with Gasteiger partial charge in [-0.25, -0.2) is 13.4 Å². The summed E-state index contributed by atoms with van der Waals surface area (Å²) in [6.07, 6.45) is 2.84. The Morgan fingerprint density at radius 3 is 2.37 bits per heavy atom. The number of hydrogen-bond donors (Lipinski definition) is 0. The van der Waals surface area contributed by atoms with Crippen LogP contribution in [0.15, 0.2) is 41.3 Å². The van der Waals surface area contributed by atoms with Crippen molar-refractivity contribution in [2.24, 2.45) is 0 Å². The van der Waals surface area contributed by atoms with Crippen LogP contribution < -0.4 is 4.90 Å². The van der Waals surface area contributed by atoms with Crippen molar-refractivity contribution in [3.8, 4) is 0 Å². The highest BCUT2D eigenvalue weighted by Crippen LogP contribution is 2.32. The van der Waals surface area contributed by atoms with Crippen LogP contribution in [0.2, 0.25) is 0 Å². The molecule has 186 valence electrons. The molecule has 3 heterocycles. The average molecular weight is 513 g/mol. The first kappa shape index (κ1) is 24.2. The molecule has 2 fully saturated rings. The van der Waals surface area contributed by atoms with Gasteiger partial charge in [-0.1, -0.05) is 23.8 Å². The molecule has 0 spiro atoms. The minimum Gasteiger partial charge on any atom is -0.345 e. The third-order valence-electron chi connectivity index (χ3n) is 7.36. The van der Waals surface area contributed by atoms with E-state index in [1.165, 1.54) is 15.8 Å². The first-order valence-corrected chi connectivity index (χ1v) is 14.5. The lowest BCUT2D eigenvalue weighted by molar-refractivity contribution is 0.0746. The molecule has 0 saturated carbocycles. The number of thiazole rings is 1. The molecular weight excluding hydrogens is 480 g/mol. The van der Waals surface area contributed by atoms with E-state index in [0.717, 1.165) is 43.0 Å². The third-order valence-corrected chi connectivity index (χ3v) is 10.5. The normalized spacial score (nSPS) is 19.9. The Balaban J connectivity index is 1.24. The SMILES string of the molecule is Cc1ccc2sc(N3CCN(C(=O)c4ccc(S(=O)(=O)N5CCCCC5C)cc4)CC3)nc2c1C. The second-order valence-electron chi connectivity index (χ2n) is 9.61. The molecule has 35 heavy (non-hydrogen) atoms. The van der Waals surface area contributed by atoms with Crippen molar-refractivity contribution in [3.05, 3.63) is 53.1 Å². The first-order valence-electron chi connectivity index (χ1n) is 12.3. The van der Waals surface area contributed by atoms with Crippen molar-refractivity contribution >= 4 is 42.6 Å². The Kier molecular flexibility index (Phi) is 6.59. The maximum atomic E-state index is 13.1. The average Bonchev–Trinajstić information content (AvgIpc) is 3.31. The molecule has 7 nitrogen and oxygen atoms in total. The molecule has 1 amide bonds. The number of sulfonamides is 1. The zero-order valence-electron chi connectivity index (χ0n) is 20.5. The van der Waals surface area contributed by atoms with Crippen LogP contribution in [0.5, 0.6) is 0 Å². The highest BCUT2D eigenvalue weighted by molar-refractivity contribution is 7.89. The second-order valence-corrected chi connectivity index (χ2v) is 12.5. The van der Waals surface area contributed by atoms with Crippen LogP contribution in [0.4, 0.5) is 5.13 Å². The predicted octanol–water partition coefficient (Wildman–Crippen LogP) is 4.44. The molecule has 0 aliphatic carbocycles. The molecular formula is C26H32N4O3S2. The predicted molar refractivity (Wildman–Crippen MR) is 141 cm³/mol. The zero-order valence-corrected chi connectivity index (χ0v) is 22.2. The lowest BCUT2D eigenvalue weighted by Crippen LogP contribution is -2.48. The number of piperidine rings is 1. The molecule has 0 bridgehead atoms. The summed E-state index contributed by atoms with van der Waals surface area (Å²) in [5.74, 6) is -0.0595. The molecule has 1 aromatic heterocycles. The van der Waals surface area contributed by atoms with E-state index in [4.69, 9.17) is 4.98 Å². The van der Waals surface area contributed by atoms with E-state index >= 15 is 0 Å². The molecule has 3 aromatic rings. The number of benzene rings is 2. The number of carbonyl (C=O) groups is 1. The van der Waals surface area contributed by atoms with Crippen molar-refractivity contribution < 1.29 is 13.2 Å².